The molecule has 5 nitrogen and oxygen atoms in total. The van der Waals surface area contributed by atoms with Crippen molar-refractivity contribution in [3.63, 3.8) is 0 Å². The number of carbonyl (C=O) groups excluding carboxylic acids is 1. The number of aromatic nitrogens is 2. The Hall–Kier alpha value is -3.47. The molecule has 30 heavy (non-hydrogen) atoms. The van der Waals surface area contributed by atoms with Crippen LogP contribution in [-0.4, -0.2) is 16.0 Å². The number of hydrogen-bond acceptors (Lipinski definition) is 4. The van der Waals surface area contributed by atoms with Gasteiger partial charge in [0.15, 0.2) is 0 Å². The molecule has 5 heteroatoms. The zero-order valence-corrected chi connectivity index (χ0v) is 16.5. The van der Waals surface area contributed by atoms with Gasteiger partial charge in [-0.15, -0.1) is 0 Å². The molecule has 148 valence electrons. The van der Waals surface area contributed by atoms with Crippen molar-refractivity contribution in [1.82, 2.24) is 15.5 Å². The molecule has 1 N–H and O–H groups in total. The summed E-state index contributed by atoms with van der Waals surface area (Å²) in [6.07, 6.45) is 4.10. The largest absolute Gasteiger partial charge is 0.342 e. The van der Waals surface area contributed by atoms with Crippen molar-refractivity contribution in [2.24, 2.45) is 0 Å². The number of fused-ring (bicyclic) bond motifs is 1. The monoisotopic (exact) mass is 395 g/mol. The van der Waals surface area contributed by atoms with Crippen LogP contribution in [0.15, 0.2) is 71.3 Å². The van der Waals surface area contributed by atoms with Crippen LogP contribution in [0.3, 0.4) is 0 Å². The van der Waals surface area contributed by atoms with Crippen LogP contribution in [0.5, 0.6) is 0 Å². The Labute approximate surface area is 174 Å². The molecular formula is C25H21N3O2. The predicted octanol–water partition coefficient (Wildman–Crippen LogP) is 5.19. The van der Waals surface area contributed by atoms with Gasteiger partial charge in [0, 0.05) is 17.2 Å². The van der Waals surface area contributed by atoms with Gasteiger partial charge < -0.3 is 9.84 Å². The summed E-state index contributed by atoms with van der Waals surface area (Å²) in [6, 6.07) is 22.0. The number of benzene rings is 2. The van der Waals surface area contributed by atoms with Crippen LogP contribution in [-0.2, 0) is 5.54 Å². The second-order valence-corrected chi connectivity index (χ2v) is 8.35. The molecule has 2 saturated carbocycles. The summed E-state index contributed by atoms with van der Waals surface area (Å²) in [6.45, 7) is 0. The van der Waals surface area contributed by atoms with Crippen molar-refractivity contribution in [3.8, 4) is 11.3 Å². The Morgan fingerprint density at radius 3 is 2.37 bits per heavy atom. The van der Waals surface area contributed by atoms with Crippen LogP contribution < -0.4 is 5.32 Å². The van der Waals surface area contributed by atoms with Crippen LogP contribution in [0, 0.1) is 0 Å². The fourth-order valence-corrected chi connectivity index (χ4v) is 4.18. The topological polar surface area (TPSA) is 68.0 Å². The van der Waals surface area contributed by atoms with Gasteiger partial charge in [0.1, 0.15) is 5.69 Å². The van der Waals surface area contributed by atoms with Crippen molar-refractivity contribution in [2.45, 2.75) is 37.1 Å². The third-order valence-electron chi connectivity index (χ3n) is 6.18. The highest BCUT2D eigenvalue weighted by molar-refractivity contribution is 6.10. The minimum atomic E-state index is -0.280. The molecule has 2 aromatic heterocycles. The molecule has 0 radical (unpaired) electrons. The molecule has 0 saturated heterocycles. The Morgan fingerprint density at radius 2 is 1.70 bits per heavy atom. The minimum Gasteiger partial charge on any atom is -0.342 e. The first-order valence-electron chi connectivity index (χ1n) is 10.5. The van der Waals surface area contributed by atoms with Crippen molar-refractivity contribution in [1.29, 1.82) is 0 Å². The van der Waals surface area contributed by atoms with Crippen molar-refractivity contribution < 1.29 is 9.32 Å². The van der Waals surface area contributed by atoms with Gasteiger partial charge in [-0.2, -0.15) is 0 Å². The molecule has 6 rings (SSSR count). The first-order chi connectivity index (χ1) is 14.7. The molecule has 2 aliphatic carbocycles. The number of amides is 1. The van der Waals surface area contributed by atoms with Gasteiger partial charge >= 0.3 is 0 Å². The van der Waals surface area contributed by atoms with E-state index in [9.17, 15) is 4.79 Å². The lowest BCUT2D eigenvalue weighted by Gasteiger charge is -2.18. The number of hydrogen-bond donors (Lipinski definition) is 1. The maximum Gasteiger partial charge on any atom is 0.259 e. The molecule has 2 heterocycles. The SMILES string of the molecule is O=C(NC1(c2ccccc2)CC1)c1cc(C2CC2)nc2onc(-c3ccccc3)c12. The highest BCUT2D eigenvalue weighted by Crippen LogP contribution is 2.46. The van der Waals surface area contributed by atoms with E-state index in [1.807, 2.05) is 54.6 Å². The summed E-state index contributed by atoms with van der Waals surface area (Å²) in [5.41, 5.74) is 4.41. The van der Waals surface area contributed by atoms with Crippen molar-refractivity contribution in [3.05, 3.63) is 83.6 Å². The van der Waals surface area contributed by atoms with E-state index < -0.39 is 0 Å². The molecule has 2 aromatic carbocycles. The lowest BCUT2D eigenvalue weighted by molar-refractivity contribution is 0.0932. The number of rotatable bonds is 5. The molecule has 2 aliphatic rings. The summed E-state index contributed by atoms with van der Waals surface area (Å²) in [5.74, 6) is 0.321. The minimum absolute atomic E-state index is 0.0916. The molecular weight excluding hydrogens is 374 g/mol. The summed E-state index contributed by atoms with van der Waals surface area (Å²) in [4.78, 5) is 18.2. The highest BCUT2D eigenvalue weighted by atomic mass is 16.5. The Morgan fingerprint density at radius 1 is 1.00 bits per heavy atom. The Kier molecular flexibility index (Phi) is 3.78. The van der Waals surface area contributed by atoms with Crippen molar-refractivity contribution >= 4 is 17.0 Å². The maximum absolute atomic E-state index is 13.6. The third kappa shape index (κ3) is 2.89. The summed E-state index contributed by atoms with van der Waals surface area (Å²) in [7, 11) is 0. The van der Waals surface area contributed by atoms with E-state index in [1.54, 1.807) is 0 Å². The highest BCUT2D eigenvalue weighted by Gasteiger charge is 2.46. The van der Waals surface area contributed by atoms with Gasteiger partial charge in [0.05, 0.1) is 16.5 Å². The number of nitrogens with one attached hydrogen (secondary N) is 1. The Bertz CT molecular complexity index is 1240. The first kappa shape index (κ1) is 17.4. The number of nitrogens with zero attached hydrogens (tertiary/aromatic N) is 2. The van der Waals surface area contributed by atoms with E-state index >= 15 is 0 Å². The third-order valence-corrected chi connectivity index (χ3v) is 6.18. The van der Waals surface area contributed by atoms with E-state index in [0.717, 1.165) is 42.5 Å². The van der Waals surface area contributed by atoms with E-state index in [0.29, 0.717) is 28.3 Å². The molecule has 1 amide bonds. The molecule has 0 aliphatic heterocycles. The lowest BCUT2D eigenvalue weighted by Crippen LogP contribution is -2.35. The van der Waals surface area contributed by atoms with E-state index in [4.69, 9.17) is 4.52 Å². The van der Waals surface area contributed by atoms with Gasteiger partial charge in [-0.25, -0.2) is 4.98 Å². The fourth-order valence-electron chi connectivity index (χ4n) is 4.18. The molecule has 0 atom stereocenters. The molecule has 0 spiro atoms. The van der Waals surface area contributed by atoms with Gasteiger partial charge in [-0.05, 0) is 37.3 Å². The first-order valence-corrected chi connectivity index (χ1v) is 10.5. The maximum atomic E-state index is 13.6. The standard InChI is InChI=1S/C25H21N3O2/c29-23(27-25(13-14-25)18-9-5-2-6-10-18)19-15-20(16-11-12-16)26-24-21(19)22(28-30-24)17-7-3-1-4-8-17/h1-10,15-16H,11-14H2,(H,27,29). The van der Waals surface area contributed by atoms with Crippen LogP contribution >= 0.6 is 0 Å². The Balaban J connectivity index is 1.46. The second-order valence-electron chi connectivity index (χ2n) is 8.35. The molecule has 0 unspecified atom stereocenters. The summed E-state index contributed by atoms with van der Waals surface area (Å²) < 4.78 is 5.60. The normalized spacial score (nSPS) is 17.1. The van der Waals surface area contributed by atoms with E-state index in [1.165, 1.54) is 0 Å². The fraction of sp³-hybridized carbons (Fsp3) is 0.240. The average Bonchev–Trinajstić information content (AvgIpc) is 3.72. The summed E-state index contributed by atoms with van der Waals surface area (Å²) in [5, 5.41) is 8.28. The van der Waals surface area contributed by atoms with Gasteiger partial charge in [-0.3, -0.25) is 4.79 Å². The van der Waals surface area contributed by atoms with E-state index in [2.05, 4.69) is 27.6 Å². The summed E-state index contributed by atoms with van der Waals surface area (Å²) >= 11 is 0. The van der Waals surface area contributed by atoms with Crippen molar-refractivity contribution in [2.75, 3.05) is 0 Å². The van der Waals surface area contributed by atoms with Gasteiger partial charge in [0.25, 0.3) is 11.6 Å². The molecule has 0 bridgehead atoms. The number of pyridine rings is 1. The average molecular weight is 395 g/mol. The number of carbonyl (C=O) groups is 1. The van der Waals surface area contributed by atoms with Crippen LogP contribution in [0.1, 0.15) is 53.2 Å². The van der Waals surface area contributed by atoms with Crippen LogP contribution in [0.2, 0.25) is 0 Å². The van der Waals surface area contributed by atoms with Crippen LogP contribution in [0.25, 0.3) is 22.4 Å². The van der Waals surface area contributed by atoms with E-state index in [-0.39, 0.29) is 11.4 Å². The van der Waals surface area contributed by atoms with Gasteiger partial charge in [-0.1, -0.05) is 65.8 Å². The zero-order chi connectivity index (χ0) is 20.1. The predicted molar refractivity (Wildman–Crippen MR) is 114 cm³/mol. The second kappa shape index (κ2) is 6.52. The quantitative estimate of drug-likeness (QED) is 0.505. The zero-order valence-electron chi connectivity index (χ0n) is 16.5. The smallest absolute Gasteiger partial charge is 0.259 e. The van der Waals surface area contributed by atoms with Crippen LogP contribution in [0.4, 0.5) is 0 Å². The molecule has 4 aromatic rings. The molecule has 2 fully saturated rings. The lowest BCUT2D eigenvalue weighted by atomic mass is 10.0. The van der Waals surface area contributed by atoms with Gasteiger partial charge in [0.2, 0.25) is 0 Å².